The molecule has 0 fully saturated rings. The molecule has 0 heterocycles. The molecule has 5 nitrogen and oxygen atoms in total. The van der Waals surface area contributed by atoms with Gasteiger partial charge in [-0.15, -0.1) is 0 Å². The van der Waals surface area contributed by atoms with Gasteiger partial charge in [0.2, 0.25) is 0 Å². The van der Waals surface area contributed by atoms with Crippen LogP contribution in [0.2, 0.25) is 0 Å². The molecule has 6 heteroatoms. The summed E-state index contributed by atoms with van der Waals surface area (Å²) in [6.45, 7) is 1.88. The maximum atomic E-state index is 10.2. The fourth-order valence-corrected chi connectivity index (χ4v) is 0.986. The van der Waals surface area contributed by atoms with Crippen LogP contribution >= 0.6 is 0 Å². The molecule has 56 valence electrons. The predicted molar refractivity (Wildman–Crippen MR) is 34.8 cm³/mol. The van der Waals surface area contributed by atoms with Crippen LogP contribution in [0.15, 0.2) is 0 Å². The lowest BCUT2D eigenvalue weighted by Crippen LogP contribution is -2.41. The van der Waals surface area contributed by atoms with Crippen LogP contribution in [-0.4, -0.2) is 21.0 Å². The lowest BCUT2D eigenvalue weighted by atomic mass is 10.4. The van der Waals surface area contributed by atoms with Gasteiger partial charge in [-0.25, -0.2) is 5.14 Å². The van der Waals surface area contributed by atoms with Crippen LogP contribution in [0.3, 0.4) is 0 Å². The highest BCUT2D eigenvalue weighted by molar-refractivity contribution is 7.87. The smallest absolute Gasteiger partial charge is 0.274 e. The summed E-state index contributed by atoms with van der Waals surface area (Å²) in [7, 11) is -3.57. The van der Waals surface area contributed by atoms with Crippen molar-refractivity contribution in [3.8, 4) is 0 Å². The number of hydrogen-bond acceptors (Lipinski definition) is 3. The Balaban J connectivity index is 3.75. The van der Waals surface area contributed by atoms with Crippen molar-refractivity contribution in [2.75, 3.05) is 6.54 Å². The second-order valence-electron chi connectivity index (χ2n) is 1.80. The van der Waals surface area contributed by atoms with Crippen molar-refractivity contribution < 1.29 is 8.42 Å². The molecule has 0 rings (SSSR count). The molecule has 0 saturated carbocycles. The molecule has 0 aromatic heterocycles. The highest BCUT2D eigenvalue weighted by Gasteiger charge is 2.05. The predicted octanol–water partition coefficient (Wildman–Crippen LogP) is -1.87. The Morgan fingerprint density at radius 3 is 2.22 bits per heavy atom. The minimum atomic E-state index is -3.57. The quantitative estimate of drug-likeness (QED) is 0.443. The molecule has 5 N–H and O–H groups in total. The Morgan fingerprint density at radius 1 is 1.67 bits per heavy atom. The molecule has 0 aromatic rings. The molecule has 0 aliphatic carbocycles. The van der Waals surface area contributed by atoms with Crippen LogP contribution in [0.5, 0.6) is 0 Å². The van der Waals surface area contributed by atoms with E-state index in [0.29, 0.717) is 0 Å². The van der Waals surface area contributed by atoms with Crippen molar-refractivity contribution >= 4 is 10.2 Å². The SMILES string of the molecule is C[C@H](CN)NS(N)(=O)=O. The van der Waals surface area contributed by atoms with E-state index < -0.39 is 10.2 Å². The van der Waals surface area contributed by atoms with Gasteiger partial charge in [0, 0.05) is 12.6 Å². The summed E-state index contributed by atoms with van der Waals surface area (Å²) < 4.78 is 22.5. The molecule has 0 aliphatic rings. The van der Waals surface area contributed by atoms with E-state index in [9.17, 15) is 8.42 Å². The molecular formula is C3H11N3O2S. The topological polar surface area (TPSA) is 98.2 Å². The normalized spacial score (nSPS) is 15.4. The van der Waals surface area contributed by atoms with Crippen LogP contribution < -0.4 is 15.6 Å². The molecule has 0 aromatic carbocycles. The number of hydrogen-bond donors (Lipinski definition) is 3. The van der Waals surface area contributed by atoms with E-state index in [-0.39, 0.29) is 12.6 Å². The third-order valence-corrected chi connectivity index (χ3v) is 1.45. The summed E-state index contributed by atoms with van der Waals surface area (Å²) in [5, 5.41) is 4.62. The molecule has 1 atom stereocenters. The highest BCUT2D eigenvalue weighted by Crippen LogP contribution is 1.76. The zero-order chi connectivity index (χ0) is 7.49. The van der Waals surface area contributed by atoms with Gasteiger partial charge in [0.1, 0.15) is 0 Å². The number of rotatable bonds is 3. The number of nitrogens with one attached hydrogen (secondary N) is 1. The largest absolute Gasteiger partial charge is 0.329 e. The van der Waals surface area contributed by atoms with Gasteiger partial charge < -0.3 is 5.73 Å². The minimum Gasteiger partial charge on any atom is -0.329 e. The Labute approximate surface area is 54.6 Å². The summed E-state index contributed by atoms with van der Waals surface area (Å²) in [4.78, 5) is 0. The summed E-state index contributed by atoms with van der Waals surface area (Å²) in [6.07, 6.45) is 0. The standard InChI is InChI=1S/C3H11N3O2S/c1-3(2-4)6-9(5,7)8/h3,6H,2,4H2,1H3,(H2,5,7,8)/t3-/m1/s1. The van der Waals surface area contributed by atoms with Crippen LogP contribution in [0.4, 0.5) is 0 Å². The van der Waals surface area contributed by atoms with Gasteiger partial charge in [0.15, 0.2) is 0 Å². The van der Waals surface area contributed by atoms with Gasteiger partial charge in [0.05, 0.1) is 0 Å². The first-order valence-corrected chi connectivity index (χ1v) is 4.00. The van der Waals surface area contributed by atoms with Crippen molar-refractivity contribution in [1.82, 2.24) is 4.72 Å². The van der Waals surface area contributed by atoms with Gasteiger partial charge in [0.25, 0.3) is 10.2 Å². The maximum Gasteiger partial charge on any atom is 0.274 e. The molecule has 0 aliphatic heterocycles. The van der Waals surface area contributed by atoms with E-state index in [1.807, 2.05) is 0 Å². The van der Waals surface area contributed by atoms with E-state index in [4.69, 9.17) is 5.73 Å². The maximum absolute atomic E-state index is 10.2. The summed E-state index contributed by atoms with van der Waals surface area (Å²) in [5.41, 5.74) is 5.10. The number of nitrogens with two attached hydrogens (primary N) is 2. The second-order valence-corrected chi connectivity index (χ2v) is 3.13. The third kappa shape index (κ3) is 5.71. The molecular weight excluding hydrogens is 142 g/mol. The van der Waals surface area contributed by atoms with E-state index in [2.05, 4.69) is 9.86 Å². The average Bonchev–Trinajstić information content (AvgIpc) is 1.62. The Kier molecular flexibility index (Phi) is 3.06. The van der Waals surface area contributed by atoms with Crippen LogP contribution in [0.1, 0.15) is 6.92 Å². The fraction of sp³-hybridized carbons (Fsp3) is 1.00. The van der Waals surface area contributed by atoms with Crippen molar-refractivity contribution in [3.63, 3.8) is 0 Å². The zero-order valence-corrected chi connectivity index (χ0v) is 5.98. The van der Waals surface area contributed by atoms with Gasteiger partial charge in [-0.1, -0.05) is 0 Å². The fourth-order valence-electron chi connectivity index (χ4n) is 0.329. The van der Waals surface area contributed by atoms with Crippen LogP contribution in [0, 0.1) is 0 Å². The Morgan fingerprint density at radius 2 is 2.11 bits per heavy atom. The van der Waals surface area contributed by atoms with Crippen molar-refractivity contribution in [1.29, 1.82) is 0 Å². The van der Waals surface area contributed by atoms with Crippen molar-refractivity contribution in [2.45, 2.75) is 13.0 Å². The monoisotopic (exact) mass is 153 g/mol. The molecule has 0 spiro atoms. The molecule has 0 radical (unpaired) electrons. The van der Waals surface area contributed by atoms with E-state index >= 15 is 0 Å². The first-order chi connectivity index (χ1) is 3.95. The van der Waals surface area contributed by atoms with Gasteiger partial charge >= 0.3 is 0 Å². The van der Waals surface area contributed by atoms with Crippen LogP contribution in [0.25, 0.3) is 0 Å². The lowest BCUT2D eigenvalue weighted by Gasteiger charge is -2.06. The lowest BCUT2D eigenvalue weighted by molar-refractivity contribution is 0.564. The first kappa shape index (κ1) is 8.83. The average molecular weight is 153 g/mol. The molecule has 0 unspecified atom stereocenters. The summed E-state index contributed by atoms with van der Waals surface area (Å²) in [6, 6.07) is -0.292. The molecule has 0 amide bonds. The summed E-state index contributed by atoms with van der Waals surface area (Å²) >= 11 is 0. The summed E-state index contributed by atoms with van der Waals surface area (Å²) in [5.74, 6) is 0. The van der Waals surface area contributed by atoms with E-state index in [1.165, 1.54) is 0 Å². The third-order valence-electron chi connectivity index (χ3n) is 0.719. The van der Waals surface area contributed by atoms with Gasteiger partial charge in [-0.05, 0) is 6.92 Å². The van der Waals surface area contributed by atoms with Crippen LogP contribution in [-0.2, 0) is 10.2 Å². The van der Waals surface area contributed by atoms with E-state index in [1.54, 1.807) is 6.92 Å². The van der Waals surface area contributed by atoms with E-state index in [0.717, 1.165) is 0 Å². The van der Waals surface area contributed by atoms with Crippen molar-refractivity contribution in [3.05, 3.63) is 0 Å². The minimum absolute atomic E-state index is 0.246. The zero-order valence-electron chi connectivity index (χ0n) is 5.16. The highest BCUT2D eigenvalue weighted by atomic mass is 32.2. The van der Waals surface area contributed by atoms with Crippen molar-refractivity contribution in [2.24, 2.45) is 10.9 Å². The first-order valence-electron chi connectivity index (χ1n) is 2.46. The molecule has 0 saturated heterocycles. The molecule has 9 heavy (non-hydrogen) atoms. The second kappa shape index (κ2) is 3.11. The molecule has 0 bridgehead atoms. The van der Waals surface area contributed by atoms with Gasteiger partial charge in [-0.3, -0.25) is 0 Å². The van der Waals surface area contributed by atoms with Gasteiger partial charge in [-0.2, -0.15) is 13.1 Å². The Hall–Kier alpha value is -0.170. The Bertz CT molecular complexity index is 164.